The van der Waals surface area contributed by atoms with Gasteiger partial charge in [0.15, 0.2) is 6.10 Å². The number of carbonyl (C=O) groups is 1. The van der Waals surface area contributed by atoms with E-state index in [1.54, 1.807) is 6.26 Å². The lowest BCUT2D eigenvalue weighted by molar-refractivity contribution is -0.127. The highest BCUT2D eigenvalue weighted by Gasteiger charge is 2.42. The van der Waals surface area contributed by atoms with Gasteiger partial charge in [-0.1, -0.05) is 30.3 Å². The molecule has 2 atom stereocenters. The molecule has 2 rings (SSSR count). The second-order valence-electron chi connectivity index (χ2n) is 3.87. The molecule has 0 fully saturated rings. The zero-order valence-corrected chi connectivity index (χ0v) is 8.51. The molecular weight excluding hydrogens is 190 g/mol. The van der Waals surface area contributed by atoms with Crippen LogP contribution in [0.25, 0.3) is 0 Å². The third-order valence-corrected chi connectivity index (χ3v) is 2.83. The monoisotopic (exact) mass is 203 g/mol. The van der Waals surface area contributed by atoms with Crippen molar-refractivity contribution >= 4 is 5.91 Å². The van der Waals surface area contributed by atoms with Crippen LogP contribution >= 0.6 is 0 Å². The fraction of sp³-hybridized carbons (Fsp3) is 0.250. The predicted octanol–water partition coefficient (Wildman–Crippen LogP) is 1.34. The van der Waals surface area contributed by atoms with E-state index in [4.69, 9.17) is 10.5 Å². The van der Waals surface area contributed by atoms with Crippen LogP contribution in [0.1, 0.15) is 12.5 Å². The Morgan fingerprint density at radius 1 is 1.40 bits per heavy atom. The van der Waals surface area contributed by atoms with E-state index in [9.17, 15) is 4.79 Å². The smallest absolute Gasteiger partial charge is 0.259 e. The number of ether oxygens (including phenoxy) is 1. The maximum absolute atomic E-state index is 11.2. The van der Waals surface area contributed by atoms with Crippen LogP contribution in [0, 0.1) is 0 Å². The Morgan fingerprint density at radius 3 is 2.67 bits per heavy atom. The van der Waals surface area contributed by atoms with Crippen molar-refractivity contribution in [3.63, 3.8) is 0 Å². The van der Waals surface area contributed by atoms with Crippen LogP contribution in [0.4, 0.5) is 0 Å². The molecule has 0 spiro atoms. The lowest BCUT2D eigenvalue weighted by Gasteiger charge is -2.27. The van der Waals surface area contributed by atoms with E-state index in [1.165, 1.54) is 0 Å². The molecule has 0 bridgehead atoms. The molecule has 2 unspecified atom stereocenters. The van der Waals surface area contributed by atoms with Crippen LogP contribution in [-0.4, -0.2) is 12.0 Å². The molecule has 1 amide bonds. The molecule has 1 aromatic rings. The van der Waals surface area contributed by atoms with Crippen LogP contribution in [0.5, 0.6) is 0 Å². The SMILES string of the molecule is CC1(c2ccccc2)C=COC1C(N)=O. The van der Waals surface area contributed by atoms with E-state index in [1.807, 2.05) is 43.3 Å². The second kappa shape index (κ2) is 3.42. The third kappa shape index (κ3) is 1.50. The average Bonchev–Trinajstić information content (AvgIpc) is 2.63. The Balaban J connectivity index is 2.41. The van der Waals surface area contributed by atoms with Gasteiger partial charge in [0.1, 0.15) is 0 Å². The molecule has 2 N–H and O–H groups in total. The van der Waals surface area contributed by atoms with Crippen LogP contribution in [0.3, 0.4) is 0 Å². The number of hydrogen-bond donors (Lipinski definition) is 1. The Labute approximate surface area is 88.5 Å². The first-order valence-corrected chi connectivity index (χ1v) is 4.82. The van der Waals surface area contributed by atoms with E-state index in [0.29, 0.717) is 0 Å². The number of amides is 1. The molecule has 1 aromatic carbocycles. The number of carbonyl (C=O) groups excluding carboxylic acids is 1. The topological polar surface area (TPSA) is 52.3 Å². The zero-order chi connectivity index (χ0) is 10.9. The van der Waals surface area contributed by atoms with Gasteiger partial charge in [0.2, 0.25) is 0 Å². The minimum absolute atomic E-state index is 0.439. The Hall–Kier alpha value is -1.77. The summed E-state index contributed by atoms with van der Waals surface area (Å²) in [5.41, 5.74) is 5.89. The lowest BCUT2D eigenvalue weighted by atomic mass is 9.78. The molecule has 1 aliphatic heterocycles. The Morgan fingerprint density at radius 2 is 2.07 bits per heavy atom. The average molecular weight is 203 g/mol. The molecule has 0 saturated heterocycles. The number of rotatable bonds is 2. The van der Waals surface area contributed by atoms with Gasteiger partial charge in [-0.3, -0.25) is 4.79 Å². The van der Waals surface area contributed by atoms with Crippen LogP contribution in [0.2, 0.25) is 0 Å². The second-order valence-corrected chi connectivity index (χ2v) is 3.87. The van der Waals surface area contributed by atoms with Crippen LogP contribution in [0.15, 0.2) is 42.7 Å². The van der Waals surface area contributed by atoms with E-state index in [2.05, 4.69) is 0 Å². The van der Waals surface area contributed by atoms with Gasteiger partial charge >= 0.3 is 0 Å². The van der Waals surface area contributed by atoms with Crippen molar-refractivity contribution in [3.05, 3.63) is 48.2 Å². The fourth-order valence-electron chi connectivity index (χ4n) is 1.90. The highest BCUT2D eigenvalue weighted by atomic mass is 16.5. The normalized spacial score (nSPS) is 28.7. The summed E-state index contributed by atoms with van der Waals surface area (Å²) in [5.74, 6) is -0.439. The van der Waals surface area contributed by atoms with Crippen LogP contribution < -0.4 is 5.73 Å². The summed E-state index contributed by atoms with van der Waals surface area (Å²) >= 11 is 0. The molecule has 78 valence electrons. The number of primary amides is 1. The maximum Gasteiger partial charge on any atom is 0.259 e. The van der Waals surface area contributed by atoms with Crippen molar-refractivity contribution in [2.75, 3.05) is 0 Å². The van der Waals surface area contributed by atoms with E-state index in [0.717, 1.165) is 5.56 Å². The number of hydrogen-bond acceptors (Lipinski definition) is 2. The van der Waals surface area contributed by atoms with E-state index in [-0.39, 0.29) is 0 Å². The standard InChI is InChI=1S/C12H13NO2/c1-12(9-5-3-2-4-6-9)7-8-15-10(12)11(13)14/h2-8,10H,1H3,(H2,13,14). The summed E-state index contributed by atoms with van der Waals surface area (Å²) in [5, 5.41) is 0. The van der Waals surface area contributed by atoms with Crippen molar-refractivity contribution in [1.82, 2.24) is 0 Å². The molecule has 15 heavy (non-hydrogen) atoms. The summed E-state index contributed by atoms with van der Waals surface area (Å²) < 4.78 is 5.23. The third-order valence-electron chi connectivity index (χ3n) is 2.83. The highest BCUT2D eigenvalue weighted by molar-refractivity contribution is 5.82. The van der Waals surface area contributed by atoms with Crippen molar-refractivity contribution in [3.8, 4) is 0 Å². The maximum atomic E-state index is 11.2. The van der Waals surface area contributed by atoms with Gasteiger partial charge in [-0.2, -0.15) is 0 Å². The summed E-state index contributed by atoms with van der Waals surface area (Å²) in [6, 6.07) is 9.74. The summed E-state index contributed by atoms with van der Waals surface area (Å²) in [6.07, 6.45) is 2.81. The molecule has 0 radical (unpaired) electrons. The summed E-state index contributed by atoms with van der Waals surface area (Å²) in [4.78, 5) is 11.2. The van der Waals surface area contributed by atoms with Crippen LogP contribution in [-0.2, 0) is 14.9 Å². The molecule has 1 aliphatic rings. The Bertz CT molecular complexity index is 399. The molecule has 3 nitrogen and oxygen atoms in total. The molecule has 3 heteroatoms. The van der Waals surface area contributed by atoms with Gasteiger partial charge in [-0.25, -0.2) is 0 Å². The van der Waals surface area contributed by atoms with Crippen molar-refractivity contribution in [2.45, 2.75) is 18.4 Å². The van der Waals surface area contributed by atoms with Gasteiger partial charge in [0.25, 0.3) is 5.91 Å². The zero-order valence-electron chi connectivity index (χ0n) is 8.51. The van der Waals surface area contributed by atoms with Gasteiger partial charge in [0, 0.05) is 0 Å². The minimum Gasteiger partial charge on any atom is -0.487 e. The fourth-order valence-corrected chi connectivity index (χ4v) is 1.90. The highest BCUT2D eigenvalue weighted by Crippen LogP contribution is 2.35. The first-order valence-electron chi connectivity index (χ1n) is 4.82. The molecule has 1 heterocycles. The number of benzene rings is 1. The molecule has 0 aliphatic carbocycles. The van der Waals surface area contributed by atoms with Gasteiger partial charge < -0.3 is 10.5 Å². The van der Waals surface area contributed by atoms with E-state index >= 15 is 0 Å². The first-order chi connectivity index (χ1) is 7.14. The van der Waals surface area contributed by atoms with Crippen molar-refractivity contribution in [2.24, 2.45) is 5.73 Å². The van der Waals surface area contributed by atoms with E-state index < -0.39 is 17.4 Å². The number of nitrogens with two attached hydrogens (primary N) is 1. The Kier molecular flexibility index (Phi) is 2.23. The van der Waals surface area contributed by atoms with Crippen molar-refractivity contribution in [1.29, 1.82) is 0 Å². The minimum atomic E-state index is -0.611. The van der Waals surface area contributed by atoms with Gasteiger partial charge in [-0.05, 0) is 18.6 Å². The first kappa shape index (κ1) is 9.77. The van der Waals surface area contributed by atoms with Gasteiger partial charge in [-0.15, -0.1) is 0 Å². The quantitative estimate of drug-likeness (QED) is 0.788. The summed E-state index contributed by atoms with van der Waals surface area (Å²) in [7, 11) is 0. The summed E-state index contributed by atoms with van der Waals surface area (Å²) in [6.45, 7) is 1.95. The molecular formula is C12H13NO2. The predicted molar refractivity (Wildman–Crippen MR) is 57.0 cm³/mol. The van der Waals surface area contributed by atoms with Crippen molar-refractivity contribution < 1.29 is 9.53 Å². The largest absolute Gasteiger partial charge is 0.487 e. The molecule has 0 saturated carbocycles. The molecule has 0 aromatic heterocycles. The lowest BCUT2D eigenvalue weighted by Crippen LogP contribution is -2.42. The van der Waals surface area contributed by atoms with Gasteiger partial charge in [0.05, 0.1) is 11.7 Å².